The molecule has 1 aromatic carbocycles. The van der Waals surface area contributed by atoms with Gasteiger partial charge in [-0.25, -0.2) is 9.78 Å². The number of carboxylic acid groups (broad SMARTS) is 1. The Balaban J connectivity index is 2.77. The number of fused-ring (bicyclic) bond motifs is 1. The lowest BCUT2D eigenvalue weighted by Gasteiger charge is -1.96. The molecule has 0 radical (unpaired) electrons. The maximum Gasteiger partial charge on any atom is 0.335 e. The van der Waals surface area contributed by atoms with Gasteiger partial charge in [-0.1, -0.05) is 0 Å². The number of nitrogens with one attached hydrogen (secondary N) is 1. The van der Waals surface area contributed by atoms with Crippen LogP contribution in [0.1, 0.15) is 10.4 Å². The van der Waals surface area contributed by atoms with Crippen LogP contribution in [0.5, 0.6) is 5.75 Å². The number of hydrogen-bond donors (Lipinski definition) is 3. The summed E-state index contributed by atoms with van der Waals surface area (Å²) in [6.45, 7) is 0. The third-order valence-corrected chi connectivity index (χ3v) is 1.76. The van der Waals surface area contributed by atoms with Crippen molar-refractivity contribution in [1.82, 2.24) is 9.97 Å². The first-order valence-electron chi connectivity index (χ1n) is 3.58. The van der Waals surface area contributed by atoms with E-state index in [1.165, 1.54) is 18.5 Å². The van der Waals surface area contributed by atoms with Gasteiger partial charge in [-0.05, 0) is 12.1 Å². The summed E-state index contributed by atoms with van der Waals surface area (Å²) >= 11 is 0. The van der Waals surface area contributed by atoms with Crippen LogP contribution in [0.25, 0.3) is 11.0 Å². The van der Waals surface area contributed by atoms with E-state index in [4.69, 9.17) is 5.11 Å². The fourth-order valence-electron chi connectivity index (χ4n) is 1.15. The lowest BCUT2D eigenvalue weighted by Crippen LogP contribution is -1.95. The molecule has 0 aliphatic heterocycles. The van der Waals surface area contributed by atoms with Crippen molar-refractivity contribution >= 4 is 17.0 Å². The van der Waals surface area contributed by atoms with Gasteiger partial charge in [0.1, 0.15) is 11.3 Å². The lowest BCUT2D eigenvalue weighted by molar-refractivity contribution is 0.0696. The van der Waals surface area contributed by atoms with Crippen LogP contribution in [0.4, 0.5) is 0 Å². The van der Waals surface area contributed by atoms with Gasteiger partial charge in [0.25, 0.3) is 0 Å². The van der Waals surface area contributed by atoms with E-state index in [2.05, 4.69) is 9.97 Å². The third-order valence-electron chi connectivity index (χ3n) is 1.76. The molecule has 0 atom stereocenters. The molecule has 66 valence electrons. The van der Waals surface area contributed by atoms with Crippen LogP contribution in [0.15, 0.2) is 18.5 Å². The van der Waals surface area contributed by atoms with E-state index >= 15 is 0 Å². The lowest BCUT2D eigenvalue weighted by atomic mass is 10.2. The second-order valence-corrected chi connectivity index (χ2v) is 2.60. The number of H-pyrrole nitrogens is 1. The number of nitrogens with zero attached hydrogens (tertiary/aromatic N) is 1. The number of rotatable bonds is 1. The Morgan fingerprint density at radius 3 is 2.92 bits per heavy atom. The monoisotopic (exact) mass is 178 g/mol. The molecule has 0 aliphatic carbocycles. The molecular formula is C8H6N2O3. The quantitative estimate of drug-likeness (QED) is 0.607. The van der Waals surface area contributed by atoms with E-state index < -0.39 is 5.97 Å². The molecule has 0 saturated carbocycles. The van der Waals surface area contributed by atoms with Crippen LogP contribution >= 0.6 is 0 Å². The number of carboxylic acids is 1. The van der Waals surface area contributed by atoms with Gasteiger partial charge in [-0.2, -0.15) is 0 Å². The first-order valence-corrected chi connectivity index (χ1v) is 3.58. The summed E-state index contributed by atoms with van der Waals surface area (Å²) in [6, 6.07) is 2.58. The Morgan fingerprint density at radius 1 is 1.46 bits per heavy atom. The summed E-state index contributed by atoms with van der Waals surface area (Å²) < 4.78 is 0. The molecule has 0 saturated heterocycles. The van der Waals surface area contributed by atoms with E-state index in [0.717, 1.165) is 0 Å². The predicted molar refractivity (Wildman–Crippen MR) is 44.7 cm³/mol. The molecule has 13 heavy (non-hydrogen) atoms. The van der Waals surface area contributed by atoms with Gasteiger partial charge < -0.3 is 15.2 Å². The standard InChI is InChI=1S/C8H6N2O3/c11-6-2-4(8(12)13)1-5-7(6)10-3-9-5/h1-3,11H,(H,9,10)(H,12,13). The molecule has 2 rings (SSSR count). The first kappa shape index (κ1) is 7.60. The fraction of sp³-hybridized carbons (Fsp3) is 0. The van der Waals surface area contributed by atoms with Crippen LogP contribution in [0.2, 0.25) is 0 Å². The molecule has 0 fully saturated rings. The summed E-state index contributed by atoms with van der Waals surface area (Å²) in [5.74, 6) is -1.19. The van der Waals surface area contributed by atoms with Gasteiger partial charge in [-0.3, -0.25) is 0 Å². The zero-order valence-corrected chi connectivity index (χ0v) is 6.48. The number of imidazole rings is 1. The van der Waals surface area contributed by atoms with E-state index in [-0.39, 0.29) is 11.3 Å². The van der Waals surface area contributed by atoms with Gasteiger partial charge >= 0.3 is 5.97 Å². The van der Waals surface area contributed by atoms with Crippen LogP contribution in [-0.2, 0) is 0 Å². The average molecular weight is 178 g/mol. The number of carbonyl (C=O) groups is 1. The Hall–Kier alpha value is -2.04. The Morgan fingerprint density at radius 2 is 2.23 bits per heavy atom. The van der Waals surface area contributed by atoms with Gasteiger partial charge in [0, 0.05) is 0 Å². The molecule has 0 bridgehead atoms. The molecule has 5 nitrogen and oxygen atoms in total. The number of aromatic carboxylic acids is 1. The van der Waals surface area contributed by atoms with Gasteiger partial charge in [0.05, 0.1) is 17.4 Å². The molecule has 2 aromatic rings. The highest BCUT2D eigenvalue weighted by atomic mass is 16.4. The molecule has 3 N–H and O–H groups in total. The first-order chi connectivity index (χ1) is 6.18. The summed E-state index contributed by atoms with van der Waals surface area (Å²) in [5, 5.41) is 18.0. The maximum atomic E-state index is 10.6. The molecule has 5 heteroatoms. The summed E-state index contributed by atoms with van der Waals surface area (Å²) in [7, 11) is 0. The summed E-state index contributed by atoms with van der Waals surface area (Å²) in [4.78, 5) is 17.1. The smallest absolute Gasteiger partial charge is 0.335 e. The summed E-state index contributed by atoms with van der Waals surface area (Å²) in [5.41, 5.74) is 0.916. The average Bonchev–Trinajstić information content (AvgIpc) is 2.51. The van der Waals surface area contributed by atoms with Gasteiger partial charge in [0.15, 0.2) is 0 Å². The number of aromatic hydroxyl groups is 1. The molecular weight excluding hydrogens is 172 g/mol. The van der Waals surface area contributed by atoms with Crippen molar-refractivity contribution in [1.29, 1.82) is 0 Å². The highest BCUT2D eigenvalue weighted by molar-refractivity contribution is 5.94. The summed E-state index contributed by atoms with van der Waals surface area (Å²) in [6.07, 6.45) is 1.40. The van der Waals surface area contributed by atoms with Gasteiger partial charge in [-0.15, -0.1) is 0 Å². The number of hydrogen-bond acceptors (Lipinski definition) is 3. The Kier molecular flexibility index (Phi) is 1.45. The van der Waals surface area contributed by atoms with Crippen molar-refractivity contribution in [3.8, 4) is 5.75 Å². The minimum Gasteiger partial charge on any atom is -0.506 e. The minimum absolute atomic E-state index is 0.0251. The SMILES string of the molecule is O=C(O)c1cc(O)c2[nH]cnc2c1. The highest BCUT2D eigenvalue weighted by Crippen LogP contribution is 2.23. The van der Waals surface area contributed by atoms with E-state index in [9.17, 15) is 9.90 Å². The van der Waals surface area contributed by atoms with Crippen LogP contribution in [-0.4, -0.2) is 26.2 Å². The van der Waals surface area contributed by atoms with Crippen LogP contribution < -0.4 is 0 Å². The predicted octanol–water partition coefficient (Wildman–Crippen LogP) is 0.967. The van der Waals surface area contributed by atoms with Crippen molar-refractivity contribution in [3.05, 3.63) is 24.0 Å². The highest BCUT2D eigenvalue weighted by Gasteiger charge is 2.09. The maximum absolute atomic E-state index is 10.6. The number of aromatic nitrogens is 2. The van der Waals surface area contributed by atoms with Crippen molar-refractivity contribution in [3.63, 3.8) is 0 Å². The Bertz CT molecular complexity index is 475. The topological polar surface area (TPSA) is 86.2 Å². The zero-order chi connectivity index (χ0) is 9.42. The molecule has 0 aliphatic rings. The van der Waals surface area contributed by atoms with Gasteiger partial charge in [0.2, 0.25) is 0 Å². The number of phenols is 1. The van der Waals surface area contributed by atoms with Crippen molar-refractivity contribution in [2.45, 2.75) is 0 Å². The molecule has 1 aromatic heterocycles. The van der Waals surface area contributed by atoms with Crippen molar-refractivity contribution in [2.24, 2.45) is 0 Å². The fourth-order valence-corrected chi connectivity index (χ4v) is 1.15. The van der Waals surface area contributed by atoms with E-state index in [0.29, 0.717) is 11.0 Å². The molecule has 0 spiro atoms. The number of benzene rings is 1. The molecule has 0 unspecified atom stereocenters. The Labute approximate surface area is 72.7 Å². The largest absolute Gasteiger partial charge is 0.506 e. The number of phenolic OH excluding ortho intramolecular Hbond substituents is 1. The second-order valence-electron chi connectivity index (χ2n) is 2.60. The van der Waals surface area contributed by atoms with Crippen LogP contribution in [0.3, 0.4) is 0 Å². The minimum atomic E-state index is -1.08. The normalized spacial score (nSPS) is 10.5. The second kappa shape index (κ2) is 2.48. The van der Waals surface area contributed by atoms with Crippen molar-refractivity contribution < 1.29 is 15.0 Å². The zero-order valence-electron chi connectivity index (χ0n) is 6.48. The molecule has 0 amide bonds. The van der Waals surface area contributed by atoms with Crippen molar-refractivity contribution in [2.75, 3.05) is 0 Å². The third kappa shape index (κ3) is 1.10. The van der Waals surface area contributed by atoms with Crippen LogP contribution in [0, 0.1) is 0 Å². The van der Waals surface area contributed by atoms with E-state index in [1.807, 2.05) is 0 Å². The molecule has 1 heterocycles. The van der Waals surface area contributed by atoms with E-state index in [1.54, 1.807) is 0 Å². The number of aromatic amines is 1.